The summed E-state index contributed by atoms with van der Waals surface area (Å²) in [5.74, 6) is 0.132. The van der Waals surface area contributed by atoms with Crippen LogP contribution in [0.3, 0.4) is 0 Å². The Morgan fingerprint density at radius 1 is 1.17 bits per heavy atom. The second-order valence-corrected chi connectivity index (χ2v) is 7.45. The fourth-order valence-corrected chi connectivity index (χ4v) is 3.73. The number of hydrogen-bond acceptors (Lipinski definition) is 6. The molecule has 0 aliphatic carbocycles. The van der Waals surface area contributed by atoms with Crippen molar-refractivity contribution in [2.24, 2.45) is 0 Å². The van der Waals surface area contributed by atoms with Crippen LogP contribution < -0.4 is 5.32 Å². The lowest BCUT2D eigenvalue weighted by molar-refractivity contribution is -0.137. The highest BCUT2D eigenvalue weighted by Gasteiger charge is 2.32. The lowest BCUT2D eigenvalue weighted by Crippen LogP contribution is -2.43. The number of phenolic OH excluding ortho intramolecular Hbond substituents is 1. The number of anilines is 1. The van der Waals surface area contributed by atoms with Gasteiger partial charge in [-0.1, -0.05) is 0 Å². The van der Waals surface area contributed by atoms with Gasteiger partial charge in [0.15, 0.2) is 5.82 Å². The van der Waals surface area contributed by atoms with Crippen LogP contribution >= 0.6 is 0 Å². The maximum Gasteiger partial charge on any atom is 0.416 e. The van der Waals surface area contributed by atoms with Gasteiger partial charge in [-0.05, 0) is 62.6 Å². The number of aryl methyl sites for hydroxylation is 2. The number of aliphatic hydroxyl groups is 1. The van der Waals surface area contributed by atoms with Gasteiger partial charge in [-0.3, -0.25) is 4.90 Å². The van der Waals surface area contributed by atoms with E-state index in [9.17, 15) is 18.3 Å². The first kappa shape index (κ1) is 21.3. The van der Waals surface area contributed by atoms with Crippen molar-refractivity contribution in [1.82, 2.24) is 15.1 Å². The molecule has 2 heterocycles. The lowest BCUT2D eigenvalue weighted by atomic mass is 9.99. The summed E-state index contributed by atoms with van der Waals surface area (Å²) in [6.07, 6.45) is -2.54. The number of nitrogens with zero attached hydrogens (tertiary/aromatic N) is 3. The fraction of sp³-hybridized carbons (Fsp3) is 0.500. The lowest BCUT2D eigenvalue weighted by Gasteiger charge is -2.33. The van der Waals surface area contributed by atoms with Gasteiger partial charge in [0.2, 0.25) is 0 Å². The fourth-order valence-electron chi connectivity index (χ4n) is 3.73. The molecule has 1 aliphatic heterocycles. The zero-order chi connectivity index (χ0) is 21.2. The van der Waals surface area contributed by atoms with Crippen molar-refractivity contribution in [3.63, 3.8) is 0 Å². The van der Waals surface area contributed by atoms with E-state index in [0.717, 1.165) is 37.6 Å². The van der Waals surface area contributed by atoms with Crippen LogP contribution in [-0.2, 0) is 6.18 Å². The quantitative estimate of drug-likeness (QED) is 0.701. The summed E-state index contributed by atoms with van der Waals surface area (Å²) in [6.45, 7) is 5.85. The Kier molecular flexibility index (Phi) is 6.28. The van der Waals surface area contributed by atoms with Gasteiger partial charge in [0, 0.05) is 24.7 Å². The van der Waals surface area contributed by atoms with Crippen LogP contribution in [0.25, 0.3) is 11.3 Å². The van der Waals surface area contributed by atoms with Gasteiger partial charge >= 0.3 is 6.18 Å². The van der Waals surface area contributed by atoms with E-state index in [-0.39, 0.29) is 23.8 Å². The predicted octanol–water partition coefficient (Wildman–Crippen LogP) is 3.35. The Balaban J connectivity index is 1.81. The van der Waals surface area contributed by atoms with E-state index in [1.807, 2.05) is 6.92 Å². The molecule has 6 nitrogen and oxygen atoms in total. The molecule has 1 aliphatic rings. The number of halogens is 3. The number of likely N-dealkylation sites (tertiary alicyclic amines) is 1. The number of alkyl halides is 3. The number of β-amino-alcohol motifs (C(OH)–C–C–N with tert-alkyl or cyclic N) is 1. The molecular formula is C20H25F3N4O2. The number of hydrogen-bond donors (Lipinski definition) is 3. The van der Waals surface area contributed by atoms with E-state index in [1.54, 1.807) is 6.07 Å². The largest absolute Gasteiger partial charge is 0.507 e. The van der Waals surface area contributed by atoms with E-state index in [1.165, 1.54) is 6.92 Å². The molecule has 158 valence electrons. The number of aromatic nitrogens is 2. The Morgan fingerprint density at radius 3 is 2.55 bits per heavy atom. The summed E-state index contributed by atoms with van der Waals surface area (Å²) in [4.78, 5) is 2.18. The first-order valence-corrected chi connectivity index (χ1v) is 9.54. The van der Waals surface area contributed by atoms with Crippen LogP contribution in [0.1, 0.15) is 29.5 Å². The number of rotatable bonds is 5. The monoisotopic (exact) mass is 410 g/mol. The highest BCUT2D eigenvalue weighted by molar-refractivity contribution is 5.72. The van der Waals surface area contributed by atoms with E-state index in [0.29, 0.717) is 24.1 Å². The highest BCUT2D eigenvalue weighted by atomic mass is 19.4. The number of piperidine rings is 1. The number of aliphatic hydroxyl groups excluding tert-OH is 1. The van der Waals surface area contributed by atoms with Gasteiger partial charge in [-0.15, -0.1) is 10.2 Å². The summed E-state index contributed by atoms with van der Waals surface area (Å²) in [5.41, 5.74) is 0.727. The molecule has 1 aromatic heterocycles. The second-order valence-electron chi connectivity index (χ2n) is 7.45. The third-order valence-electron chi connectivity index (χ3n) is 5.15. The molecule has 1 saturated heterocycles. The number of aromatic hydroxyl groups is 1. The van der Waals surface area contributed by atoms with Crippen molar-refractivity contribution in [2.75, 3.05) is 31.6 Å². The van der Waals surface area contributed by atoms with E-state index < -0.39 is 17.5 Å². The van der Waals surface area contributed by atoms with E-state index in [4.69, 9.17) is 5.11 Å². The third-order valence-corrected chi connectivity index (χ3v) is 5.15. The second kappa shape index (κ2) is 8.54. The third kappa shape index (κ3) is 4.97. The molecule has 29 heavy (non-hydrogen) atoms. The molecule has 2 aromatic rings. The van der Waals surface area contributed by atoms with Crippen LogP contribution in [0, 0.1) is 13.8 Å². The summed E-state index contributed by atoms with van der Waals surface area (Å²) >= 11 is 0. The van der Waals surface area contributed by atoms with Crippen molar-refractivity contribution >= 4 is 5.82 Å². The summed E-state index contributed by atoms with van der Waals surface area (Å²) in [7, 11) is 0. The number of nitrogens with one attached hydrogen (secondary N) is 1. The maximum atomic E-state index is 12.9. The predicted molar refractivity (Wildman–Crippen MR) is 104 cm³/mol. The van der Waals surface area contributed by atoms with E-state index >= 15 is 0 Å². The van der Waals surface area contributed by atoms with Gasteiger partial charge in [-0.25, -0.2) is 0 Å². The number of phenols is 1. The molecule has 0 spiro atoms. The van der Waals surface area contributed by atoms with Crippen molar-refractivity contribution in [2.45, 2.75) is 38.9 Å². The summed E-state index contributed by atoms with van der Waals surface area (Å²) < 4.78 is 38.8. The minimum Gasteiger partial charge on any atom is -0.507 e. The Hall–Kier alpha value is -2.39. The van der Waals surface area contributed by atoms with Crippen LogP contribution in [0.4, 0.5) is 19.0 Å². The summed E-state index contributed by atoms with van der Waals surface area (Å²) in [5, 5.41) is 31.0. The first-order valence-electron chi connectivity index (χ1n) is 9.54. The van der Waals surface area contributed by atoms with Crippen LogP contribution in [-0.4, -0.2) is 57.6 Å². The van der Waals surface area contributed by atoms with E-state index in [2.05, 4.69) is 20.4 Å². The van der Waals surface area contributed by atoms with Gasteiger partial charge in [0.1, 0.15) is 5.75 Å². The Morgan fingerprint density at radius 2 is 1.93 bits per heavy atom. The molecule has 3 rings (SSSR count). The van der Waals surface area contributed by atoms with Gasteiger partial charge in [0.25, 0.3) is 0 Å². The molecule has 0 amide bonds. The van der Waals surface area contributed by atoms with Crippen LogP contribution in [0.2, 0.25) is 0 Å². The normalized spacial score (nSPS) is 18.1. The van der Waals surface area contributed by atoms with Crippen molar-refractivity contribution in [3.8, 4) is 17.0 Å². The average molecular weight is 410 g/mol. The molecule has 9 heteroatoms. The summed E-state index contributed by atoms with van der Waals surface area (Å²) in [6, 6.07) is 3.59. The van der Waals surface area contributed by atoms with Crippen LogP contribution in [0.15, 0.2) is 18.2 Å². The van der Waals surface area contributed by atoms with Gasteiger partial charge in [-0.2, -0.15) is 13.2 Å². The molecule has 0 radical (unpaired) electrons. The molecule has 3 N–H and O–H groups in total. The molecule has 1 aromatic carbocycles. The molecular weight excluding hydrogens is 385 g/mol. The maximum absolute atomic E-state index is 12.9. The first-order chi connectivity index (χ1) is 13.7. The smallest absolute Gasteiger partial charge is 0.416 e. The van der Waals surface area contributed by atoms with Gasteiger partial charge < -0.3 is 15.5 Å². The van der Waals surface area contributed by atoms with Crippen molar-refractivity contribution in [3.05, 3.63) is 34.9 Å². The topological polar surface area (TPSA) is 81.5 Å². The molecule has 0 bridgehead atoms. The SMILES string of the molecule is Cc1cc(-c2c(C)cc(C(F)(F)F)cc2O)nnc1NC1CCCN(CCO)C1. The minimum atomic E-state index is -4.53. The Labute approximate surface area is 167 Å². The minimum absolute atomic E-state index is 0.121. The molecule has 0 saturated carbocycles. The average Bonchev–Trinajstić information content (AvgIpc) is 2.63. The molecule has 1 unspecified atom stereocenters. The molecule has 1 fully saturated rings. The highest BCUT2D eigenvalue weighted by Crippen LogP contribution is 2.38. The van der Waals surface area contributed by atoms with Crippen LogP contribution in [0.5, 0.6) is 5.75 Å². The standard InChI is InChI=1S/C20H25F3N4O2/c1-12-8-14(20(21,22)23)10-17(29)18(12)16-9-13(2)19(26-25-16)24-15-4-3-5-27(11-15)6-7-28/h8-10,15,28-29H,3-7,11H2,1-2H3,(H,24,26). The van der Waals surface area contributed by atoms with Gasteiger partial charge in [0.05, 0.1) is 17.9 Å². The van der Waals surface area contributed by atoms with Crippen molar-refractivity contribution in [1.29, 1.82) is 0 Å². The zero-order valence-corrected chi connectivity index (χ0v) is 16.4. The zero-order valence-electron chi connectivity index (χ0n) is 16.4. The Bertz CT molecular complexity index is 848. The molecule has 1 atom stereocenters. The number of benzene rings is 1. The van der Waals surface area contributed by atoms with Crippen molar-refractivity contribution < 1.29 is 23.4 Å².